The number of rotatable bonds is 9. The molecule has 0 radical (unpaired) electrons. The van der Waals surface area contributed by atoms with Gasteiger partial charge in [0.05, 0.1) is 29.9 Å². The smallest absolute Gasteiger partial charge is 0.305 e. The van der Waals surface area contributed by atoms with E-state index in [0.717, 1.165) is 34.1 Å². The molecule has 1 amide bonds. The fourth-order valence-electron chi connectivity index (χ4n) is 3.61. The zero-order valence-electron chi connectivity index (χ0n) is 18.2. The van der Waals surface area contributed by atoms with Gasteiger partial charge in [-0.05, 0) is 48.6 Å². The van der Waals surface area contributed by atoms with E-state index in [2.05, 4.69) is 42.5 Å². The first-order chi connectivity index (χ1) is 14.8. The predicted molar refractivity (Wildman–Crippen MR) is 123 cm³/mol. The van der Waals surface area contributed by atoms with Crippen LogP contribution in [0.2, 0.25) is 0 Å². The van der Waals surface area contributed by atoms with E-state index in [1.807, 2.05) is 36.5 Å². The third-order valence-corrected chi connectivity index (χ3v) is 5.28. The second-order valence-electron chi connectivity index (χ2n) is 8.16. The first-order valence-corrected chi connectivity index (χ1v) is 10.6. The van der Waals surface area contributed by atoms with Gasteiger partial charge in [0.1, 0.15) is 0 Å². The van der Waals surface area contributed by atoms with Crippen molar-refractivity contribution in [3.8, 4) is 0 Å². The second kappa shape index (κ2) is 10.1. The number of aliphatic carboxylic acids is 1. The average Bonchev–Trinajstić information content (AvgIpc) is 2.75. The van der Waals surface area contributed by atoms with E-state index >= 15 is 0 Å². The van der Waals surface area contributed by atoms with E-state index < -0.39 is 5.97 Å². The summed E-state index contributed by atoms with van der Waals surface area (Å²) < 4.78 is 0. The minimum Gasteiger partial charge on any atom is -0.481 e. The molecule has 0 saturated carbocycles. The highest BCUT2D eigenvalue weighted by Crippen LogP contribution is 2.30. The molecule has 0 aliphatic heterocycles. The van der Waals surface area contributed by atoms with Gasteiger partial charge in [0.2, 0.25) is 0 Å². The van der Waals surface area contributed by atoms with Crippen molar-refractivity contribution in [3.05, 3.63) is 71.4 Å². The highest BCUT2D eigenvalue weighted by molar-refractivity contribution is 5.94. The number of aromatic nitrogens is 1. The Labute approximate surface area is 182 Å². The van der Waals surface area contributed by atoms with Gasteiger partial charge >= 0.3 is 5.97 Å². The summed E-state index contributed by atoms with van der Waals surface area (Å²) in [6, 6.07) is 15.7. The molecule has 1 aromatic heterocycles. The summed E-state index contributed by atoms with van der Waals surface area (Å²) in [6.07, 6.45) is 2.72. The van der Waals surface area contributed by atoms with Gasteiger partial charge in [-0.25, -0.2) is 0 Å². The maximum atomic E-state index is 12.2. The summed E-state index contributed by atoms with van der Waals surface area (Å²) in [5.74, 6) is -0.724. The number of para-hydroxylation sites is 1. The molecule has 0 bridgehead atoms. The zero-order valence-corrected chi connectivity index (χ0v) is 18.2. The predicted octanol–water partition coefficient (Wildman–Crippen LogP) is 4.95. The number of carbonyl (C=O) groups excluding carboxylic acids is 1. The topological polar surface area (TPSA) is 91.3 Å². The van der Waals surface area contributed by atoms with Crippen LogP contribution in [0.3, 0.4) is 0 Å². The lowest BCUT2D eigenvalue weighted by Crippen LogP contribution is -2.26. The van der Waals surface area contributed by atoms with Crippen LogP contribution in [0.4, 0.5) is 5.69 Å². The molecule has 1 atom stereocenters. The Kier molecular flexibility index (Phi) is 7.23. The number of amides is 1. The summed E-state index contributed by atoms with van der Waals surface area (Å²) in [5, 5.41) is 16.1. The SMILES string of the molecule is Cc1c(N[C@H](CC(C)C)c2ccc(C(=O)NCCC(=O)O)cc2)cnc2ccccc12. The van der Waals surface area contributed by atoms with Gasteiger partial charge < -0.3 is 15.7 Å². The quantitative estimate of drug-likeness (QED) is 0.457. The van der Waals surface area contributed by atoms with Crippen LogP contribution in [-0.4, -0.2) is 28.5 Å². The minimum atomic E-state index is -0.934. The number of anilines is 1. The Bertz CT molecular complexity index is 1060. The summed E-state index contributed by atoms with van der Waals surface area (Å²) >= 11 is 0. The van der Waals surface area contributed by atoms with Crippen LogP contribution in [0.15, 0.2) is 54.7 Å². The molecule has 3 aromatic rings. The van der Waals surface area contributed by atoms with Crippen molar-refractivity contribution in [2.45, 2.75) is 39.7 Å². The molecule has 1 heterocycles. The Balaban J connectivity index is 1.79. The molecule has 6 nitrogen and oxygen atoms in total. The molecule has 0 aliphatic carbocycles. The number of carboxylic acids is 1. The van der Waals surface area contributed by atoms with Gasteiger partial charge in [0, 0.05) is 17.5 Å². The molecule has 6 heteroatoms. The van der Waals surface area contributed by atoms with E-state index in [1.165, 1.54) is 0 Å². The van der Waals surface area contributed by atoms with E-state index in [-0.39, 0.29) is 24.9 Å². The molecule has 3 rings (SSSR count). The van der Waals surface area contributed by atoms with Gasteiger partial charge in [-0.1, -0.05) is 44.2 Å². The summed E-state index contributed by atoms with van der Waals surface area (Å²) in [7, 11) is 0. The van der Waals surface area contributed by atoms with E-state index in [1.54, 1.807) is 12.1 Å². The molecule has 2 aromatic carbocycles. The molecular formula is C25H29N3O3. The highest BCUT2D eigenvalue weighted by atomic mass is 16.4. The molecule has 31 heavy (non-hydrogen) atoms. The lowest BCUT2D eigenvalue weighted by Gasteiger charge is -2.24. The maximum absolute atomic E-state index is 12.2. The highest BCUT2D eigenvalue weighted by Gasteiger charge is 2.16. The summed E-state index contributed by atoms with van der Waals surface area (Å²) in [5.41, 5.74) is 4.74. The molecule has 162 valence electrons. The normalized spacial score (nSPS) is 12.0. The Hall–Kier alpha value is -3.41. The van der Waals surface area contributed by atoms with E-state index in [9.17, 15) is 9.59 Å². The van der Waals surface area contributed by atoms with Gasteiger partial charge in [-0.2, -0.15) is 0 Å². The summed E-state index contributed by atoms with van der Waals surface area (Å²) in [4.78, 5) is 27.4. The Morgan fingerprint density at radius 1 is 1.06 bits per heavy atom. The molecule has 0 aliphatic rings. The number of nitrogens with one attached hydrogen (secondary N) is 2. The number of nitrogens with zero attached hydrogens (tertiary/aromatic N) is 1. The van der Waals surface area contributed by atoms with Gasteiger partial charge in [-0.15, -0.1) is 0 Å². The molecule has 0 spiro atoms. The molecule has 3 N–H and O–H groups in total. The monoisotopic (exact) mass is 419 g/mol. The van der Waals surface area contributed by atoms with Crippen molar-refractivity contribution in [1.29, 1.82) is 0 Å². The summed E-state index contributed by atoms with van der Waals surface area (Å²) in [6.45, 7) is 6.58. The fraction of sp³-hybridized carbons (Fsp3) is 0.320. The number of carboxylic acid groups (broad SMARTS) is 1. The van der Waals surface area contributed by atoms with Crippen molar-refractivity contribution in [1.82, 2.24) is 10.3 Å². The van der Waals surface area contributed by atoms with Crippen LogP contribution in [0.1, 0.15) is 54.2 Å². The van der Waals surface area contributed by atoms with Crippen molar-refractivity contribution in [2.75, 3.05) is 11.9 Å². The van der Waals surface area contributed by atoms with Crippen molar-refractivity contribution in [2.24, 2.45) is 5.92 Å². The van der Waals surface area contributed by atoms with Crippen LogP contribution in [0.5, 0.6) is 0 Å². The maximum Gasteiger partial charge on any atom is 0.305 e. The average molecular weight is 420 g/mol. The first-order valence-electron chi connectivity index (χ1n) is 10.6. The second-order valence-corrected chi connectivity index (χ2v) is 8.16. The van der Waals surface area contributed by atoms with E-state index in [4.69, 9.17) is 5.11 Å². The van der Waals surface area contributed by atoms with Crippen molar-refractivity contribution >= 4 is 28.5 Å². The molecule has 0 unspecified atom stereocenters. The van der Waals surface area contributed by atoms with Crippen LogP contribution >= 0.6 is 0 Å². The number of hydrogen-bond donors (Lipinski definition) is 3. The van der Waals surface area contributed by atoms with Crippen LogP contribution in [0, 0.1) is 12.8 Å². The standard InChI is InChI=1S/C25H29N3O3/c1-16(2)14-22(28-23-15-27-21-7-5-4-6-20(21)17(23)3)18-8-10-19(11-9-18)25(31)26-13-12-24(29)30/h4-11,15-16,22,28H,12-14H2,1-3H3,(H,26,31)(H,29,30)/t22-/m1/s1. The number of fused-ring (bicyclic) bond motifs is 1. The number of aryl methyl sites for hydroxylation is 1. The lowest BCUT2D eigenvalue weighted by molar-refractivity contribution is -0.136. The number of benzene rings is 2. The molecular weight excluding hydrogens is 390 g/mol. The lowest BCUT2D eigenvalue weighted by atomic mass is 9.95. The largest absolute Gasteiger partial charge is 0.481 e. The van der Waals surface area contributed by atoms with Crippen molar-refractivity contribution < 1.29 is 14.7 Å². The zero-order chi connectivity index (χ0) is 22.4. The van der Waals surface area contributed by atoms with E-state index in [0.29, 0.717) is 11.5 Å². The number of hydrogen-bond acceptors (Lipinski definition) is 4. The van der Waals surface area contributed by atoms with Gasteiger partial charge in [-0.3, -0.25) is 14.6 Å². The van der Waals surface area contributed by atoms with Crippen LogP contribution < -0.4 is 10.6 Å². The third-order valence-electron chi connectivity index (χ3n) is 5.28. The number of pyridine rings is 1. The number of carbonyl (C=O) groups is 2. The van der Waals surface area contributed by atoms with Crippen LogP contribution in [0.25, 0.3) is 10.9 Å². The van der Waals surface area contributed by atoms with Gasteiger partial charge in [0.15, 0.2) is 0 Å². The first kappa shape index (κ1) is 22.3. The fourth-order valence-corrected chi connectivity index (χ4v) is 3.61. The third kappa shape index (κ3) is 5.81. The Morgan fingerprint density at radius 2 is 1.77 bits per heavy atom. The van der Waals surface area contributed by atoms with Gasteiger partial charge in [0.25, 0.3) is 5.91 Å². The molecule has 0 saturated heterocycles. The minimum absolute atomic E-state index is 0.0748. The van der Waals surface area contributed by atoms with Crippen molar-refractivity contribution in [3.63, 3.8) is 0 Å². The Morgan fingerprint density at radius 3 is 2.45 bits per heavy atom. The molecule has 0 fully saturated rings. The van der Waals surface area contributed by atoms with Crippen LogP contribution in [-0.2, 0) is 4.79 Å².